The molecule has 1 saturated heterocycles. The highest BCUT2D eigenvalue weighted by Crippen LogP contribution is 2.32. The molecular weight excluding hydrogens is 502 g/mol. The van der Waals surface area contributed by atoms with Gasteiger partial charge in [-0.3, -0.25) is 24.0 Å². The van der Waals surface area contributed by atoms with Crippen LogP contribution in [0.4, 0.5) is 11.6 Å². The Morgan fingerprint density at radius 2 is 1.95 bits per heavy atom. The molecule has 3 heterocycles. The molecule has 3 amide bonds. The zero-order chi connectivity index (χ0) is 27.5. The minimum Gasteiger partial charge on any atom is -0.491 e. The SMILES string of the molecule is CC(C)Oc1cc(Oc2cnc(N(CC3CC3)C(=O)[C@@H]3CCC(=O)N3)cn2)cc(C(=O)Nc2ccn(C)n2)c1. The van der Waals surface area contributed by atoms with Crippen LogP contribution in [0.25, 0.3) is 0 Å². The second-order valence-electron chi connectivity index (χ2n) is 10.1. The quantitative estimate of drug-likeness (QED) is 0.405. The molecule has 12 nitrogen and oxygen atoms in total. The van der Waals surface area contributed by atoms with E-state index in [1.54, 1.807) is 47.1 Å². The first kappa shape index (κ1) is 26.1. The molecule has 12 heteroatoms. The fourth-order valence-electron chi connectivity index (χ4n) is 4.24. The van der Waals surface area contributed by atoms with Crippen LogP contribution >= 0.6 is 0 Å². The van der Waals surface area contributed by atoms with Gasteiger partial charge in [-0.15, -0.1) is 0 Å². The summed E-state index contributed by atoms with van der Waals surface area (Å²) in [4.78, 5) is 48.1. The van der Waals surface area contributed by atoms with Gasteiger partial charge in [-0.1, -0.05) is 0 Å². The van der Waals surface area contributed by atoms with E-state index in [1.807, 2.05) is 13.8 Å². The van der Waals surface area contributed by atoms with Gasteiger partial charge >= 0.3 is 0 Å². The molecule has 0 spiro atoms. The molecule has 2 fully saturated rings. The van der Waals surface area contributed by atoms with Crippen LogP contribution in [0.3, 0.4) is 0 Å². The van der Waals surface area contributed by atoms with Crippen molar-refractivity contribution < 1.29 is 23.9 Å². The minimum atomic E-state index is -0.548. The van der Waals surface area contributed by atoms with Crippen molar-refractivity contribution in [2.24, 2.45) is 13.0 Å². The molecule has 1 atom stereocenters. The molecule has 39 heavy (non-hydrogen) atoms. The van der Waals surface area contributed by atoms with Crippen LogP contribution in [-0.2, 0) is 16.6 Å². The summed E-state index contributed by atoms with van der Waals surface area (Å²) in [5.41, 5.74) is 0.318. The normalized spacial score (nSPS) is 16.6. The van der Waals surface area contributed by atoms with Gasteiger partial charge in [-0.25, -0.2) is 9.97 Å². The molecular formula is C27H31N7O5. The monoisotopic (exact) mass is 533 g/mol. The average molecular weight is 534 g/mol. The van der Waals surface area contributed by atoms with E-state index in [9.17, 15) is 14.4 Å². The maximum atomic E-state index is 13.1. The number of ether oxygens (including phenoxy) is 2. The first-order valence-corrected chi connectivity index (χ1v) is 13.0. The lowest BCUT2D eigenvalue weighted by Crippen LogP contribution is -2.45. The number of amides is 3. The van der Waals surface area contributed by atoms with E-state index in [4.69, 9.17) is 9.47 Å². The summed E-state index contributed by atoms with van der Waals surface area (Å²) >= 11 is 0. The van der Waals surface area contributed by atoms with Gasteiger partial charge in [0.1, 0.15) is 17.5 Å². The topological polar surface area (TPSA) is 141 Å². The van der Waals surface area contributed by atoms with Gasteiger partial charge in [0.2, 0.25) is 11.8 Å². The summed E-state index contributed by atoms with van der Waals surface area (Å²) < 4.78 is 13.3. The number of anilines is 2. The summed E-state index contributed by atoms with van der Waals surface area (Å²) in [5, 5.41) is 9.67. The molecule has 2 N–H and O–H groups in total. The maximum Gasteiger partial charge on any atom is 0.257 e. The number of carbonyl (C=O) groups excluding carboxylic acids is 3. The van der Waals surface area contributed by atoms with Crippen LogP contribution in [0.15, 0.2) is 42.9 Å². The van der Waals surface area contributed by atoms with Gasteiger partial charge in [0.25, 0.3) is 11.8 Å². The third-order valence-corrected chi connectivity index (χ3v) is 6.28. The molecule has 1 saturated carbocycles. The van der Waals surface area contributed by atoms with Crippen molar-refractivity contribution >= 4 is 29.4 Å². The molecule has 5 rings (SSSR count). The predicted octanol–water partition coefficient (Wildman–Crippen LogP) is 3.06. The van der Waals surface area contributed by atoms with Crippen LogP contribution < -0.4 is 25.0 Å². The number of nitrogens with one attached hydrogen (secondary N) is 2. The van der Waals surface area contributed by atoms with Crippen molar-refractivity contribution in [1.82, 2.24) is 25.1 Å². The third kappa shape index (κ3) is 6.70. The number of rotatable bonds is 10. The van der Waals surface area contributed by atoms with Gasteiger partial charge < -0.3 is 20.1 Å². The van der Waals surface area contributed by atoms with E-state index < -0.39 is 6.04 Å². The molecule has 0 unspecified atom stereocenters. The third-order valence-electron chi connectivity index (χ3n) is 6.28. The zero-order valence-corrected chi connectivity index (χ0v) is 22.1. The number of aromatic nitrogens is 4. The number of aryl methyl sites for hydroxylation is 1. The van der Waals surface area contributed by atoms with E-state index in [1.165, 1.54) is 12.4 Å². The van der Waals surface area contributed by atoms with Crippen molar-refractivity contribution in [2.45, 2.75) is 51.7 Å². The van der Waals surface area contributed by atoms with Crippen LogP contribution in [0.5, 0.6) is 17.4 Å². The van der Waals surface area contributed by atoms with E-state index in [0.29, 0.717) is 54.0 Å². The average Bonchev–Trinajstić information content (AvgIpc) is 3.47. The summed E-state index contributed by atoms with van der Waals surface area (Å²) in [6, 6.07) is 6.02. The van der Waals surface area contributed by atoms with Gasteiger partial charge in [0.15, 0.2) is 11.6 Å². The van der Waals surface area contributed by atoms with Crippen LogP contribution in [0.1, 0.15) is 49.9 Å². The summed E-state index contributed by atoms with van der Waals surface area (Å²) in [6.07, 6.45) is 7.45. The lowest BCUT2D eigenvalue weighted by molar-refractivity contribution is -0.124. The number of benzene rings is 1. The van der Waals surface area contributed by atoms with Crippen molar-refractivity contribution in [3.05, 3.63) is 48.4 Å². The second-order valence-corrected chi connectivity index (χ2v) is 10.1. The highest BCUT2D eigenvalue weighted by Gasteiger charge is 2.35. The number of carbonyl (C=O) groups is 3. The fraction of sp³-hybridized carbons (Fsp3) is 0.407. The Bertz CT molecular complexity index is 1370. The van der Waals surface area contributed by atoms with Crippen molar-refractivity contribution in [1.29, 1.82) is 0 Å². The number of nitrogens with zero attached hydrogens (tertiary/aromatic N) is 5. The van der Waals surface area contributed by atoms with Gasteiger partial charge in [0, 0.05) is 43.9 Å². The van der Waals surface area contributed by atoms with E-state index in [-0.39, 0.29) is 29.7 Å². The molecule has 204 valence electrons. The molecule has 1 aliphatic heterocycles. The van der Waals surface area contributed by atoms with Crippen molar-refractivity contribution in [3.63, 3.8) is 0 Å². The Balaban J connectivity index is 1.34. The largest absolute Gasteiger partial charge is 0.491 e. The smallest absolute Gasteiger partial charge is 0.257 e. The molecule has 0 bridgehead atoms. The maximum absolute atomic E-state index is 13.1. The van der Waals surface area contributed by atoms with E-state index in [2.05, 4.69) is 25.7 Å². The Labute approximate surface area is 225 Å². The van der Waals surface area contributed by atoms with E-state index in [0.717, 1.165) is 12.8 Å². The Hall–Kier alpha value is -4.48. The Morgan fingerprint density at radius 3 is 2.56 bits per heavy atom. The highest BCUT2D eigenvalue weighted by atomic mass is 16.5. The van der Waals surface area contributed by atoms with Crippen LogP contribution in [0.2, 0.25) is 0 Å². The predicted molar refractivity (Wildman–Crippen MR) is 142 cm³/mol. The number of hydrogen-bond donors (Lipinski definition) is 2. The number of hydrogen-bond acceptors (Lipinski definition) is 8. The highest BCUT2D eigenvalue weighted by molar-refractivity contribution is 6.04. The first-order valence-electron chi connectivity index (χ1n) is 13.0. The van der Waals surface area contributed by atoms with Crippen molar-refractivity contribution in [2.75, 3.05) is 16.8 Å². The summed E-state index contributed by atoms with van der Waals surface area (Å²) in [7, 11) is 1.76. The first-order chi connectivity index (χ1) is 18.7. The Kier molecular flexibility index (Phi) is 7.44. The summed E-state index contributed by atoms with van der Waals surface area (Å²) in [5.74, 6) is 1.54. The summed E-state index contributed by atoms with van der Waals surface area (Å²) in [6.45, 7) is 4.30. The second kappa shape index (κ2) is 11.1. The molecule has 0 radical (unpaired) electrons. The molecule has 1 aromatic carbocycles. The minimum absolute atomic E-state index is 0.119. The van der Waals surface area contributed by atoms with Gasteiger partial charge in [-0.05, 0) is 51.2 Å². The molecule has 2 aliphatic rings. The standard InChI is InChI=1S/C27H31N7O5/c1-16(2)38-19-10-18(26(36)31-22-8-9-33(3)32-22)11-20(12-19)39-25-14-28-23(13-29-25)34(15-17-4-5-17)27(37)21-6-7-24(35)30-21/h8-14,16-17,21H,4-7,15H2,1-3H3,(H,30,35)(H,31,32,36)/t21-/m0/s1. The van der Waals surface area contributed by atoms with E-state index >= 15 is 0 Å². The lowest BCUT2D eigenvalue weighted by atomic mass is 10.2. The fourth-order valence-corrected chi connectivity index (χ4v) is 4.24. The van der Waals surface area contributed by atoms with Crippen LogP contribution in [-0.4, -0.2) is 56.2 Å². The molecule has 3 aromatic rings. The zero-order valence-electron chi connectivity index (χ0n) is 22.1. The van der Waals surface area contributed by atoms with Gasteiger partial charge in [0.05, 0.1) is 18.5 Å². The Morgan fingerprint density at radius 1 is 1.15 bits per heavy atom. The molecule has 1 aliphatic carbocycles. The lowest BCUT2D eigenvalue weighted by Gasteiger charge is -2.24. The van der Waals surface area contributed by atoms with Crippen molar-refractivity contribution in [3.8, 4) is 17.4 Å². The molecule has 2 aromatic heterocycles. The van der Waals surface area contributed by atoms with Crippen LogP contribution in [0, 0.1) is 5.92 Å². The van der Waals surface area contributed by atoms with Gasteiger partial charge in [-0.2, -0.15) is 5.10 Å².